The van der Waals surface area contributed by atoms with Gasteiger partial charge in [-0.25, -0.2) is 0 Å². The fraction of sp³-hybridized carbons (Fsp3) is 0.308. The first-order valence-corrected chi connectivity index (χ1v) is 6.81. The molecule has 1 aliphatic heterocycles. The van der Waals surface area contributed by atoms with E-state index in [1.807, 2.05) is 0 Å². The molecule has 22 heavy (non-hydrogen) atoms. The topological polar surface area (TPSA) is 129 Å². The van der Waals surface area contributed by atoms with Gasteiger partial charge in [0.15, 0.2) is 5.82 Å². The van der Waals surface area contributed by atoms with Crippen LogP contribution in [-0.4, -0.2) is 29.1 Å². The Morgan fingerprint density at radius 2 is 2.41 bits per heavy atom. The number of nitrogens with two attached hydrogens (primary N) is 1. The minimum absolute atomic E-state index is 0.0553. The molecule has 2 aromatic heterocycles. The van der Waals surface area contributed by atoms with Gasteiger partial charge < -0.3 is 25.7 Å². The summed E-state index contributed by atoms with van der Waals surface area (Å²) in [5.41, 5.74) is 5.61. The van der Waals surface area contributed by atoms with Gasteiger partial charge in [-0.05, 0) is 12.1 Å². The van der Waals surface area contributed by atoms with Gasteiger partial charge in [0.2, 0.25) is 11.9 Å². The van der Waals surface area contributed by atoms with E-state index in [1.165, 1.54) is 0 Å². The van der Waals surface area contributed by atoms with Crippen molar-refractivity contribution in [1.82, 2.24) is 15.3 Å². The highest BCUT2D eigenvalue weighted by Crippen LogP contribution is 2.25. The largest absolute Gasteiger partial charge is 0.467 e. The molecular formula is C13H16N6O3. The number of nitrogens with one attached hydrogen (secondary N) is 3. The van der Waals surface area contributed by atoms with Gasteiger partial charge in [0.05, 0.1) is 19.5 Å². The molecule has 0 saturated heterocycles. The number of aromatic nitrogens is 2. The zero-order valence-electron chi connectivity index (χ0n) is 11.8. The van der Waals surface area contributed by atoms with Crippen LogP contribution < -0.4 is 26.8 Å². The van der Waals surface area contributed by atoms with Crippen molar-refractivity contribution in [3.8, 4) is 0 Å². The van der Waals surface area contributed by atoms with E-state index in [-0.39, 0.29) is 23.8 Å². The minimum Gasteiger partial charge on any atom is -0.467 e. The number of carbonyl (C=O) groups is 1. The Kier molecular flexibility index (Phi) is 3.69. The van der Waals surface area contributed by atoms with Crippen LogP contribution in [0.1, 0.15) is 12.2 Å². The summed E-state index contributed by atoms with van der Waals surface area (Å²) in [6, 6.07) is 3.56. The molecule has 0 unspecified atom stereocenters. The van der Waals surface area contributed by atoms with Crippen LogP contribution in [0.5, 0.6) is 0 Å². The molecule has 0 fully saturated rings. The second-order valence-electron chi connectivity index (χ2n) is 4.85. The average molecular weight is 304 g/mol. The van der Waals surface area contributed by atoms with E-state index >= 15 is 0 Å². The molecule has 5 N–H and O–H groups in total. The Hall–Kier alpha value is -2.97. The van der Waals surface area contributed by atoms with Gasteiger partial charge in [-0.2, -0.15) is 4.98 Å². The van der Waals surface area contributed by atoms with Crippen molar-refractivity contribution >= 4 is 23.4 Å². The molecule has 116 valence electrons. The van der Waals surface area contributed by atoms with Crippen molar-refractivity contribution in [2.75, 3.05) is 29.2 Å². The molecular weight excluding hydrogens is 288 g/mol. The smallest absolute Gasteiger partial charge is 0.277 e. The molecule has 9 nitrogen and oxygen atoms in total. The van der Waals surface area contributed by atoms with Crippen LogP contribution in [0.25, 0.3) is 0 Å². The predicted molar refractivity (Wildman–Crippen MR) is 80.3 cm³/mol. The third-order valence-electron chi connectivity index (χ3n) is 3.31. The number of hydrogen-bond acceptors (Lipinski definition) is 7. The highest BCUT2D eigenvalue weighted by atomic mass is 16.3. The zero-order chi connectivity index (χ0) is 15.5. The molecule has 0 aromatic carbocycles. The van der Waals surface area contributed by atoms with Gasteiger partial charge in [0, 0.05) is 13.0 Å². The van der Waals surface area contributed by atoms with E-state index in [1.54, 1.807) is 23.3 Å². The van der Waals surface area contributed by atoms with Crippen molar-refractivity contribution in [3.05, 3.63) is 34.5 Å². The van der Waals surface area contributed by atoms with E-state index in [4.69, 9.17) is 10.2 Å². The van der Waals surface area contributed by atoms with E-state index in [9.17, 15) is 9.59 Å². The molecule has 3 rings (SSSR count). The third-order valence-corrected chi connectivity index (χ3v) is 3.31. The van der Waals surface area contributed by atoms with Crippen molar-refractivity contribution < 1.29 is 9.21 Å². The Labute approximate surface area is 125 Å². The molecule has 2 aromatic rings. The second kappa shape index (κ2) is 5.80. The Bertz CT molecular complexity index is 724. The lowest BCUT2D eigenvalue weighted by Gasteiger charge is -2.16. The molecule has 0 radical (unpaired) electrons. The quantitative estimate of drug-likeness (QED) is 0.604. The predicted octanol–water partition coefficient (Wildman–Crippen LogP) is -0.159. The first kappa shape index (κ1) is 14.0. The molecule has 3 heterocycles. The number of hydrogen-bond donors (Lipinski definition) is 4. The standard InChI is InChI=1S/C13H16N6O3/c14-13-17-11-10(12(21)18-13)16-7-19(11)4-3-9(20)15-6-8-2-1-5-22-8/h1-2,5,16H,3-4,6-7H2,(H,15,20)(H3,14,17,18,21). The summed E-state index contributed by atoms with van der Waals surface area (Å²) in [5, 5.41) is 5.70. The summed E-state index contributed by atoms with van der Waals surface area (Å²) in [6.45, 7) is 1.20. The Morgan fingerprint density at radius 3 is 3.18 bits per heavy atom. The molecule has 9 heteroatoms. The van der Waals surface area contributed by atoms with Gasteiger partial charge in [-0.1, -0.05) is 0 Å². The molecule has 1 amide bonds. The van der Waals surface area contributed by atoms with Crippen LogP contribution in [0.2, 0.25) is 0 Å². The van der Waals surface area contributed by atoms with Gasteiger partial charge in [0.25, 0.3) is 5.56 Å². The van der Waals surface area contributed by atoms with Crippen molar-refractivity contribution in [3.63, 3.8) is 0 Å². The maximum atomic E-state index is 11.8. The van der Waals surface area contributed by atoms with Crippen molar-refractivity contribution in [2.45, 2.75) is 13.0 Å². The van der Waals surface area contributed by atoms with Crippen molar-refractivity contribution in [1.29, 1.82) is 0 Å². The number of carbonyl (C=O) groups excluding carboxylic acids is 1. The lowest BCUT2D eigenvalue weighted by atomic mass is 10.3. The fourth-order valence-electron chi connectivity index (χ4n) is 2.22. The lowest BCUT2D eigenvalue weighted by molar-refractivity contribution is -0.121. The van der Waals surface area contributed by atoms with Crippen LogP contribution in [0.4, 0.5) is 17.5 Å². The maximum absolute atomic E-state index is 11.8. The summed E-state index contributed by atoms with van der Waals surface area (Å²) >= 11 is 0. The lowest BCUT2D eigenvalue weighted by Crippen LogP contribution is -2.30. The minimum atomic E-state index is -0.313. The molecule has 0 aliphatic carbocycles. The van der Waals surface area contributed by atoms with Gasteiger partial charge in [-0.15, -0.1) is 0 Å². The Balaban J connectivity index is 1.55. The number of H-pyrrole nitrogens is 1. The van der Waals surface area contributed by atoms with Crippen LogP contribution in [-0.2, 0) is 11.3 Å². The number of nitrogen functional groups attached to an aromatic ring is 1. The van der Waals surface area contributed by atoms with Crippen LogP contribution in [0, 0.1) is 0 Å². The van der Waals surface area contributed by atoms with Gasteiger partial charge >= 0.3 is 0 Å². The molecule has 1 aliphatic rings. The van der Waals surface area contributed by atoms with Gasteiger partial charge in [-0.3, -0.25) is 14.6 Å². The molecule has 0 spiro atoms. The fourth-order valence-corrected chi connectivity index (χ4v) is 2.22. The molecule has 0 saturated carbocycles. The average Bonchev–Trinajstić information content (AvgIpc) is 3.12. The molecule has 0 atom stereocenters. The molecule has 0 bridgehead atoms. The number of nitrogens with zero attached hydrogens (tertiary/aromatic N) is 2. The monoisotopic (exact) mass is 304 g/mol. The summed E-state index contributed by atoms with van der Waals surface area (Å²) < 4.78 is 5.14. The van der Waals surface area contributed by atoms with E-state index < -0.39 is 0 Å². The van der Waals surface area contributed by atoms with E-state index in [0.717, 1.165) is 0 Å². The van der Waals surface area contributed by atoms with Crippen LogP contribution in [0.3, 0.4) is 0 Å². The Morgan fingerprint density at radius 1 is 1.55 bits per heavy atom. The zero-order valence-corrected chi connectivity index (χ0v) is 11.8. The highest BCUT2D eigenvalue weighted by Gasteiger charge is 2.23. The number of anilines is 3. The summed E-state index contributed by atoms with van der Waals surface area (Å²) in [4.78, 5) is 31.8. The van der Waals surface area contributed by atoms with Crippen molar-refractivity contribution in [2.24, 2.45) is 0 Å². The van der Waals surface area contributed by atoms with E-state index in [0.29, 0.717) is 37.0 Å². The number of furan rings is 1. The SMILES string of the molecule is Nc1nc2c(c(=O)[nH]1)NCN2CCC(=O)NCc1ccco1. The highest BCUT2D eigenvalue weighted by molar-refractivity contribution is 5.77. The second-order valence-corrected chi connectivity index (χ2v) is 4.85. The number of amides is 1. The summed E-state index contributed by atoms with van der Waals surface area (Å²) in [6.07, 6.45) is 1.83. The number of rotatable bonds is 5. The maximum Gasteiger partial charge on any atom is 0.277 e. The van der Waals surface area contributed by atoms with Crippen LogP contribution in [0.15, 0.2) is 27.6 Å². The van der Waals surface area contributed by atoms with Gasteiger partial charge in [0.1, 0.15) is 11.4 Å². The third kappa shape index (κ3) is 2.87. The summed E-state index contributed by atoms with van der Waals surface area (Å²) in [5.74, 6) is 1.12. The van der Waals surface area contributed by atoms with Crippen LogP contribution >= 0.6 is 0 Å². The first-order chi connectivity index (χ1) is 10.6. The summed E-state index contributed by atoms with van der Waals surface area (Å²) in [7, 11) is 0. The van der Waals surface area contributed by atoms with E-state index in [2.05, 4.69) is 20.6 Å². The number of fused-ring (bicyclic) bond motifs is 1. The normalized spacial score (nSPS) is 12.8. The number of aromatic amines is 1. The first-order valence-electron chi connectivity index (χ1n) is 6.81.